The first kappa shape index (κ1) is 18.5. The molecule has 4 nitrogen and oxygen atoms in total. The van der Waals surface area contributed by atoms with Crippen molar-refractivity contribution in [1.82, 2.24) is 4.98 Å². The lowest BCUT2D eigenvalue weighted by atomic mass is 10.1. The molecular weight excluding hydrogens is 426 g/mol. The van der Waals surface area contributed by atoms with Crippen LogP contribution in [0.25, 0.3) is 10.4 Å². The average molecular weight is 439 g/mol. The molecule has 0 aliphatic rings. The maximum absolute atomic E-state index is 13.8. The second kappa shape index (κ2) is 7.51. The lowest BCUT2D eigenvalue weighted by molar-refractivity contribution is 0.101. The fourth-order valence-electron chi connectivity index (χ4n) is 2.38. The minimum absolute atomic E-state index is 0.250. The molecule has 0 aliphatic carbocycles. The summed E-state index contributed by atoms with van der Waals surface area (Å²) in [6.45, 7) is 1.79. The van der Waals surface area contributed by atoms with Crippen molar-refractivity contribution in [3.63, 3.8) is 0 Å². The van der Waals surface area contributed by atoms with Crippen molar-refractivity contribution in [2.24, 2.45) is 0 Å². The van der Waals surface area contributed by atoms with Gasteiger partial charge in [-0.2, -0.15) is 0 Å². The maximum atomic E-state index is 13.8. The van der Waals surface area contributed by atoms with Crippen LogP contribution in [0, 0.1) is 18.6 Å². The van der Waals surface area contributed by atoms with Crippen LogP contribution in [0.2, 0.25) is 0 Å². The molecule has 0 spiro atoms. The number of aromatic nitrogens is 1. The van der Waals surface area contributed by atoms with Crippen LogP contribution < -0.4 is 10.1 Å². The largest absolute Gasteiger partial charge is 0.497 e. The predicted octanol–water partition coefficient (Wildman–Crippen LogP) is 5.42. The Morgan fingerprint density at radius 3 is 2.58 bits per heavy atom. The van der Waals surface area contributed by atoms with E-state index in [1.807, 2.05) is 18.2 Å². The molecule has 1 heterocycles. The monoisotopic (exact) mass is 438 g/mol. The molecule has 0 radical (unpaired) electrons. The molecule has 3 aromatic rings. The van der Waals surface area contributed by atoms with Gasteiger partial charge in [-0.1, -0.05) is 33.3 Å². The number of thiazole rings is 1. The molecule has 2 aromatic carbocycles. The molecule has 1 amide bonds. The Labute approximate surface area is 161 Å². The first-order chi connectivity index (χ1) is 12.4. The Hall–Kier alpha value is -2.32. The first-order valence-electron chi connectivity index (χ1n) is 7.47. The van der Waals surface area contributed by atoms with Gasteiger partial charge >= 0.3 is 0 Å². The molecular formula is C18H13BrF2N2O2S. The van der Waals surface area contributed by atoms with Gasteiger partial charge in [0.05, 0.1) is 17.7 Å². The molecule has 1 aromatic heterocycles. The third-order valence-electron chi connectivity index (χ3n) is 3.63. The second-order valence-corrected chi connectivity index (χ2v) is 7.18. The molecule has 0 unspecified atom stereocenters. The van der Waals surface area contributed by atoms with Gasteiger partial charge in [0.15, 0.2) is 5.13 Å². The number of hydrogen-bond acceptors (Lipinski definition) is 4. The van der Waals surface area contributed by atoms with Crippen molar-refractivity contribution in [2.45, 2.75) is 6.92 Å². The Balaban J connectivity index is 1.93. The maximum Gasteiger partial charge on any atom is 0.263 e. The molecule has 0 saturated carbocycles. The highest BCUT2D eigenvalue weighted by Gasteiger charge is 2.20. The summed E-state index contributed by atoms with van der Waals surface area (Å²) in [7, 11) is 1.57. The Bertz CT molecular complexity index is 971. The number of rotatable bonds is 4. The van der Waals surface area contributed by atoms with Crippen LogP contribution in [-0.4, -0.2) is 18.0 Å². The Morgan fingerprint density at radius 1 is 1.23 bits per heavy atom. The highest BCUT2D eigenvalue weighted by Crippen LogP contribution is 2.39. The SMILES string of the molecule is COc1ccc(Br)c(-c2sc(NC(=O)c3c(F)cccc3F)nc2C)c1. The highest BCUT2D eigenvalue weighted by molar-refractivity contribution is 9.10. The van der Waals surface area contributed by atoms with Crippen LogP contribution in [0.4, 0.5) is 13.9 Å². The van der Waals surface area contributed by atoms with Crippen molar-refractivity contribution in [3.05, 3.63) is 63.8 Å². The lowest BCUT2D eigenvalue weighted by Crippen LogP contribution is -2.15. The molecule has 0 saturated heterocycles. The molecule has 8 heteroatoms. The highest BCUT2D eigenvalue weighted by atomic mass is 79.9. The summed E-state index contributed by atoms with van der Waals surface area (Å²) < 4.78 is 33.6. The number of hydrogen-bond donors (Lipinski definition) is 1. The molecule has 26 heavy (non-hydrogen) atoms. The number of amides is 1. The predicted molar refractivity (Wildman–Crippen MR) is 101 cm³/mol. The zero-order valence-corrected chi connectivity index (χ0v) is 16.2. The fourth-order valence-corrected chi connectivity index (χ4v) is 3.95. The van der Waals surface area contributed by atoms with Gasteiger partial charge in [-0.3, -0.25) is 10.1 Å². The van der Waals surface area contributed by atoms with Gasteiger partial charge in [0.1, 0.15) is 22.9 Å². The standard InChI is InChI=1S/C18H13BrF2N2O2S/c1-9-16(11-8-10(25-2)6-7-12(11)19)26-18(22-9)23-17(24)15-13(20)4-3-5-14(15)21/h3-8H,1-2H3,(H,22,23,24). The van der Waals surface area contributed by atoms with Gasteiger partial charge in [-0.05, 0) is 37.3 Å². The summed E-state index contributed by atoms with van der Waals surface area (Å²) in [5.74, 6) is -2.06. The van der Waals surface area contributed by atoms with Crippen molar-refractivity contribution in [2.75, 3.05) is 12.4 Å². The number of carbonyl (C=O) groups excluding carboxylic acids is 1. The van der Waals surface area contributed by atoms with Gasteiger partial charge in [0.2, 0.25) is 0 Å². The van der Waals surface area contributed by atoms with Crippen molar-refractivity contribution >= 4 is 38.3 Å². The van der Waals surface area contributed by atoms with Gasteiger partial charge in [0.25, 0.3) is 5.91 Å². The van der Waals surface area contributed by atoms with E-state index in [-0.39, 0.29) is 5.13 Å². The van der Waals surface area contributed by atoms with Gasteiger partial charge in [0, 0.05) is 10.0 Å². The molecule has 134 valence electrons. The van der Waals surface area contributed by atoms with E-state index in [2.05, 4.69) is 26.2 Å². The normalized spacial score (nSPS) is 10.7. The molecule has 0 aliphatic heterocycles. The lowest BCUT2D eigenvalue weighted by Gasteiger charge is -2.06. The summed E-state index contributed by atoms with van der Waals surface area (Å²) in [5.41, 5.74) is 0.884. The number of carbonyl (C=O) groups is 1. The second-order valence-electron chi connectivity index (χ2n) is 5.33. The average Bonchev–Trinajstić information content (AvgIpc) is 2.95. The topological polar surface area (TPSA) is 51.2 Å². The third-order valence-corrected chi connectivity index (χ3v) is 5.42. The number of benzene rings is 2. The van der Waals surface area contributed by atoms with Gasteiger partial charge in [-0.15, -0.1) is 0 Å². The van der Waals surface area contributed by atoms with Crippen molar-refractivity contribution < 1.29 is 18.3 Å². The quantitative estimate of drug-likeness (QED) is 0.591. The number of anilines is 1. The zero-order valence-electron chi connectivity index (χ0n) is 13.8. The fraction of sp³-hybridized carbons (Fsp3) is 0.111. The Morgan fingerprint density at radius 2 is 1.92 bits per heavy atom. The van der Waals surface area contributed by atoms with Crippen LogP contribution in [0.15, 0.2) is 40.9 Å². The molecule has 3 rings (SSSR count). The Kier molecular flexibility index (Phi) is 5.33. The zero-order chi connectivity index (χ0) is 18.8. The number of halogens is 3. The number of nitrogens with one attached hydrogen (secondary N) is 1. The van der Waals surface area contributed by atoms with E-state index >= 15 is 0 Å². The first-order valence-corrected chi connectivity index (χ1v) is 9.08. The minimum atomic E-state index is -0.924. The van der Waals surface area contributed by atoms with Gasteiger partial charge in [-0.25, -0.2) is 13.8 Å². The van der Waals surface area contributed by atoms with Crippen molar-refractivity contribution in [1.29, 1.82) is 0 Å². The molecule has 0 fully saturated rings. The summed E-state index contributed by atoms with van der Waals surface area (Å²) in [6, 6.07) is 8.77. The van der Waals surface area contributed by atoms with E-state index in [0.717, 1.165) is 27.0 Å². The van der Waals surface area contributed by atoms with Crippen LogP contribution in [0.3, 0.4) is 0 Å². The minimum Gasteiger partial charge on any atom is -0.497 e. The number of nitrogens with zero attached hydrogens (tertiary/aromatic N) is 1. The third kappa shape index (κ3) is 3.61. The van der Waals surface area contributed by atoms with E-state index in [4.69, 9.17) is 4.74 Å². The van der Waals surface area contributed by atoms with E-state index in [1.165, 1.54) is 17.4 Å². The van der Waals surface area contributed by atoms with E-state index < -0.39 is 23.1 Å². The summed E-state index contributed by atoms with van der Waals surface area (Å²) in [4.78, 5) is 17.3. The molecule has 0 atom stereocenters. The number of aryl methyl sites for hydroxylation is 1. The van der Waals surface area contributed by atoms with Crippen LogP contribution in [-0.2, 0) is 0 Å². The van der Waals surface area contributed by atoms with Gasteiger partial charge < -0.3 is 4.74 Å². The van der Waals surface area contributed by atoms with E-state index in [0.29, 0.717) is 11.4 Å². The van der Waals surface area contributed by atoms with Crippen LogP contribution in [0.5, 0.6) is 5.75 Å². The van der Waals surface area contributed by atoms with Crippen LogP contribution in [0.1, 0.15) is 16.1 Å². The molecule has 1 N–H and O–H groups in total. The van der Waals surface area contributed by atoms with E-state index in [9.17, 15) is 13.6 Å². The summed E-state index contributed by atoms with van der Waals surface area (Å²) in [6.07, 6.45) is 0. The van der Waals surface area contributed by atoms with Crippen LogP contribution >= 0.6 is 27.3 Å². The molecule has 0 bridgehead atoms. The number of methoxy groups -OCH3 is 1. The smallest absolute Gasteiger partial charge is 0.263 e. The summed E-state index contributed by atoms with van der Waals surface area (Å²) >= 11 is 4.69. The summed E-state index contributed by atoms with van der Waals surface area (Å²) in [5, 5.41) is 2.71. The van der Waals surface area contributed by atoms with E-state index in [1.54, 1.807) is 14.0 Å². The number of ether oxygens (including phenoxy) is 1. The van der Waals surface area contributed by atoms with Crippen molar-refractivity contribution in [3.8, 4) is 16.2 Å².